The zero-order valence-corrected chi connectivity index (χ0v) is 15.1. The van der Waals surface area contributed by atoms with Crippen molar-refractivity contribution in [3.8, 4) is 11.5 Å². The standard InChI is InChI=1S/C19H27N3O2/c1-5-15-11-22(12-17-13(3)20-19(6-2)21-17)10-14-9-16(23-4)7-8-18(14)24-15/h7-9,15H,5-6,10-12H2,1-4H3,(H,20,21). The van der Waals surface area contributed by atoms with Gasteiger partial charge in [0.25, 0.3) is 0 Å². The zero-order valence-electron chi connectivity index (χ0n) is 15.1. The van der Waals surface area contributed by atoms with Gasteiger partial charge in [0.15, 0.2) is 0 Å². The molecule has 1 aliphatic rings. The predicted molar refractivity (Wildman–Crippen MR) is 94.5 cm³/mol. The van der Waals surface area contributed by atoms with Crippen molar-refractivity contribution in [1.29, 1.82) is 0 Å². The molecule has 1 N–H and O–H groups in total. The van der Waals surface area contributed by atoms with Crippen molar-refractivity contribution >= 4 is 0 Å². The Morgan fingerprint density at radius 1 is 1.38 bits per heavy atom. The molecule has 1 unspecified atom stereocenters. The molecule has 5 nitrogen and oxygen atoms in total. The van der Waals surface area contributed by atoms with Crippen molar-refractivity contribution in [2.45, 2.75) is 52.8 Å². The monoisotopic (exact) mass is 329 g/mol. The number of aromatic nitrogens is 2. The fourth-order valence-corrected chi connectivity index (χ4v) is 3.16. The second-order valence-electron chi connectivity index (χ2n) is 6.40. The summed E-state index contributed by atoms with van der Waals surface area (Å²) >= 11 is 0. The highest BCUT2D eigenvalue weighted by molar-refractivity contribution is 5.41. The van der Waals surface area contributed by atoms with E-state index in [1.165, 1.54) is 5.56 Å². The van der Waals surface area contributed by atoms with E-state index in [0.29, 0.717) is 0 Å². The molecule has 5 heteroatoms. The van der Waals surface area contributed by atoms with Crippen LogP contribution in [0.15, 0.2) is 18.2 Å². The predicted octanol–water partition coefficient (Wildman–Crippen LogP) is 3.46. The van der Waals surface area contributed by atoms with E-state index in [2.05, 4.69) is 36.7 Å². The first-order valence-electron chi connectivity index (χ1n) is 8.73. The topological polar surface area (TPSA) is 50.4 Å². The van der Waals surface area contributed by atoms with E-state index in [1.54, 1.807) is 7.11 Å². The molecule has 1 aromatic carbocycles. The van der Waals surface area contributed by atoms with Crippen LogP contribution in [0.2, 0.25) is 0 Å². The number of rotatable bonds is 5. The minimum atomic E-state index is 0.199. The SMILES string of the molecule is CCc1nc(CN2Cc3cc(OC)ccc3OC(CC)C2)c(C)[nH]1. The van der Waals surface area contributed by atoms with Crippen molar-refractivity contribution in [1.82, 2.24) is 14.9 Å². The highest BCUT2D eigenvalue weighted by atomic mass is 16.5. The van der Waals surface area contributed by atoms with Crippen molar-refractivity contribution in [3.63, 3.8) is 0 Å². The molecule has 3 rings (SSSR count). The van der Waals surface area contributed by atoms with Gasteiger partial charge in [-0.3, -0.25) is 4.90 Å². The maximum absolute atomic E-state index is 6.20. The van der Waals surface area contributed by atoms with E-state index >= 15 is 0 Å². The Morgan fingerprint density at radius 3 is 2.88 bits per heavy atom. The van der Waals surface area contributed by atoms with E-state index in [0.717, 1.165) is 61.2 Å². The first-order chi connectivity index (χ1) is 11.6. The number of ether oxygens (including phenoxy) is 2. The number of benzene rings is 1. The van der Waals surface area contributed by atoms with Crippen LogP contribution in [0.25, 0.3) is 0 Å². The Kier molecular flexibility index (Phi) is 5.09. The Labute approximate surface area is 144 Å². The van der Waals surface area contributed by atoms with Crippen LogP contribution in [0.1, 0.15) is 43.0 Å². The van der Waals surface area contributed by atoms with E-state index in [9.17, 15) is 0 Å². The first kappa shape index (κ1) is 16.8. The molecule has 0 radical (unpaired) electrons. The number of aryl methyl sites for hydroxylation is 2. The Morgan fingerprint density at radius 2 is 2.21 bits per heavy atom. The third-order valence-electron chi connectivity index (χ3n) is 4.62. The summed E-state index contributed by atoms with van der Waals surface area (Å²) in [6, 6.07) is 6.07. The normalized spacial score (nSPS) is 17.9. The number of hydrogen-bond acceptors (Lipinski definition) is 4. The average Bonchev–Trinajstić information content (AvgIpc) is 2.84. The molecule has 2 heterocycles. The van der Waals surface area contributed by atoms with E-state index < -0.39 is 0 Å². The lowest BCUT2D eigenvalue weighted by Crippen LogP contribution is -2.32. The third kappa shape index (κ3) is 3.56. The zero-order chi connectivity index (χ0) is 17.1. The molecule has 0 fully saturated rings. The van der Waals surface area contributed by atoms with Crippen LogP contribution in [0, 0.1) is 6.92 Å². The lowest BCUT2D eigenvalue weighted by molar-refractivity contribution is 0.138. The van der Waals surface area contributed by atoms with Crippen LogP contribution in [0.3, 0.4) is 0 Å². The number of H-pyrrole nitrogens is 1. The summed E-state index contributed by atoms with van der Waals surface area (Å²) in [5, 5.41) is 0. The number of hydrogen-bond donors (Lipinski definition) is 1. The molecule has 2 aromatic rings. The Hall–Kier alpha value is -2.01. The third-order valence-corrected chi connectivity index (χ3v) is 4.62. The Bertz CT molecular complexity index is 696. The Balaban J connectivity index is 1.85. The van der Waals surface area contributed by atoms with Gasteiger partial charge in [-0.1, -0.05) is 13.8 Å². The minimum absolute atomic E-state index is 0.199. The van der Waals surface area contributed by atoms with Gasteiger partial charge in [-0.25, -0.2) is 4.98 Å². The molecule has 0 bridgehead atoms. The molecule has 1 atom stereocenters. The summed E-state index contributed by atoms with van der Waals surface area (Å²) in [6.45, 7) is 8.98. The summed E-state index contributed by atoms with van der Waals surface area (Å²) in [5.74, 6) is 2.90. The molecule has 0 aliphatic carbocycles. The van der Waals surface area contributed by atoms with Crippen molar-refractivity contribution in [3.05, 3.63) is 41.0 Å². The number of methoxy groups -OCH3 is 1. The number of nitrogens with one attached hydrogen (secondary N) is 1. The second-order valence-corrected chi connectivity index (χ2v) is 6.40. The van der Waals surface area contributed by atoms with Crippen molar-refractivity contribution < 1.29 is 9.47 Å². The van der Waals surface area contributed by atoms with E-state index in [4.69, 9.17) is 14.5 Å². The molecule has 1 aliphatic heterocycles. The van der Waals surface area contributed by atoms with Gasteiger partial charge in [-0.05, 0) is 31.5 Å². The van der Waals surface area contributed by atoms with Crippen LogP contribution in [-0.2, 0) is 19.5 Å². The number of fused-ring (bicyclic) bond motifs is 1. The molecule has 0 spiro atoms. The molecule has 1 aromatic heterocycles. The van der Waals surface area contributed by atoms with Crippen LogP contribution in [0.4, 0.5) is 0 Å². The maximum Gasteiger partial charge on any atom is 0.124 e. The largest absolute Gasteiger partial charge is 0.497 e. The van der Waals surface area contributed by atoms with Crippen LogP contribution >= 0.6 is 0 Å². The van der Waals surface area contributed by atoms with Crippen LogP contribution in [-0.4, -0.2) is 34.6 Å². The van der Waals surface area contributed by atoms with Crippen molar-refractivity contribution in [2.24, 2.45) is 0 Å². The summed E-state index contributed by atoms with van der Waals surface area (Å²) in [4.78, 5) is 10.5. The van der Waals surface area contributed by atoms with Crippen LogP contribution < -0.4 is 9.47 Å². The van der Waals surface area contributed by atoms with Gasteiger partial charge >= 0.3 is 0 Å². The van der Waals surface area contributed by atoms with Crippen LogP contribution in [0.5, 0.6) is 11.5 Å². The summed E-state index contributed by atoms with van der Waals surface area (Å²) in [5.41, 5.74) is 3.47. The van der Waals surface area contributed by atoms with Crippen molar-refractivity contribution in [2.75, 3.05) is 13.7 Å². The van der Waals surface area contributed by atoms with Gasteiger partial charge in [-0.2, -0.15) is 0 Å². The lowest BCUT2D eigenvalue weighted by Gasteiger charge is -2.22. The van der Waals surface area contributed by atoms with Gasteiger partial charge in [0.2, 0.25) is 0 Å². The maximum atomic E-state index is 6.20. The number of nitrogens with zero attached hydrogens (tertiary/aromatic N) is 2. The molecule has 130 valence electrons. The van der Waals surface area contributed by atoms with Gasteiger partial charge in [0, 0.05) is 37.3 Å². The van der Waals surface area contributed by atoms with Gasteiger partial charge in [-0.15, -0.1) is 0 Å². The number of aromatic amines is 1. The van der Waals surface area contributed by atoms with Gasteiger partial charge in [0.1, 0.15) is 23.4 Å². The molecule has 0 amide bonds. The molecular formula is C19H27N3O2. The fourth-order valence-electron chi connectivity index (χ4n) is 3.16. The van der Waals surface area contributed by atoms with E-state index in [-0.39, 0.29) is 6.10 Å². The first-order valence-corrected chi connectivity index (χ1v) is 8.73. The molecule has 0 saturated heterocycles. The lowest BCUT2D eigenvalue weighted by atomic mass is 10.1. The van der Waals surface area contributed by atoms with Gasteiger partial charge < -0.3 is 14.5 Å². The molecular weight excluding hydrogens is 302 g/mol. The molecule has 24 heavy (non-hydrogen) atoms. The summed E-state index contributed by atoms with van der Waals surface area (Å²) in [7, 11) is 1.70. The quantitative estimate of drug-likeness (QED) is 0.913. The molecule has 0 saturated carbocycles. The highest BCUT2D eigenvalue weighted by Gasteiger charge is 2.23. The minimum Gasteiger partial charge on any atom is -0.497 e. The number of imidazole rings is 1. The summed E-state index contributed by atoms with van der Waals surface area (Å²) < 4.78 is 11.6. The summed E-state index contributed by atoms with van der Waals surface area (Å²) in [6.07, 6.45) is 2.12. The second kappa shape index (κ2) is 7.26. The smallest absolute Gasteiger partial charge is 0.124 e. The van der Waals surface area contributed by atoms with E-state index in [1.807, 2.05) is 12.1 Å². The fraction of sp³-hybridized carbons (Fsp3) is 0.526. The van der Waals surface area contributed by atoms with Gasteiger partial charge in [0.05, 0.1) is 12.8 Å². The average molecular weight is 329 g/mol. The highest BCUT2D eigenvalue weighted by Crippen LogP contribution is 2.30.